The van der Waals surface area contributed by atoms with Crippen LogP contribution in [0.15, 0.2) is 23.0 Å². The molecule has 0 saturated heterocycles. The number of aromatic nitrogens is 2. The highest BCUT2D eigenvalue weighted by Gasteiger charge is 2.16. The standard InChI is InChI=1S/C16H20ClN3O2/c1-4-5-6-14(21)18-10(2)15-19-13-9-11(17)7-8-12(13)16(22)20(15)3/h7-10H,4-6H2,1-3H3,(H,18,21)/t10-/m1/s1. The molecule has 2 aromatic rings. The van der Waals surface area contributed by atoms with E-state index in [0.29, 0.717) is 28.2 Å². The first-order chi connectivity index (χ1) is 10.4. The molecule has 0 aliphatic rings. The van der Waals surface area contributed by atoms with Crippen LogP contribution in [0.25, 0.3) is 10.9 Å². The fourth-order valence-corrected chi connectivity index (χ4v) is 2.53. The second-order valence-corrected chi connectivity index (χ2v) is 5.82. The van der Waals surface area contributed by atoms with Gasteiger partial charge in [0.05, 0.1) is 16.9 Å². The Kier molecular flexibility index (Phi) is 5.19. The van der Waals surface area contributed by atoms with Gasteiger partial charge >= 0.3 is 0 Å². The zero-order valence-electron chi connectivity index (χ0n) is 13.0. The minimum Gasteiger partial charge on any atom is -0.346 e. The summed E-state index contributed by atoms with van der Waals surface area (Å²) in [6.07, 6.45) is 2.29. The van der Waals surface area contributed by atoms with Gasteiger partial charge in [-0.05, 0) is 31.5 Å². The van der Waals surface area contributed by atoms with E-state index in [2.05, 4.69) is 10.3 Å². The third kappa shape index (κ3) is 3.47. The highest BCUT2D eigenvalue weighted by atomic mass is 35.5. The predicted octanol–water partition coefficient (Wildman–Crippen LogP) is 2.95. The van der Waals surface area contributed by atoms with Crippen LogP contribution in [0.1, 0.15) is 45.0 Å². The van der Waals surface area contributed by atoms with E-state index in [1.165, 1.54) is 4.57 Å². The van der Waals surface area contributed by atoms with E-state index in [4.69, 9.17) is 11.6 Å². The Morgan fingerprint density at radius 2 is 2.18 bits per heavy atom. The second-order valence-electron chi connectivity index (χ2n) is 5.39. The lowest BCUT2D eigenvalue weighted by Crippen LogP contribution is -2.32. The fourth-order valence-electron chi connectivity index (χ4n) is 2.36. The highest BCUT2D eigenvalue weighted by molar-refractivity contribution is 6.31. The molecule has 1 aromatic heterocycles. The van der Waals surface area contributed by atoms with Crippen LogP contribution in [0.3, 0.4) is 0 Å². The number of fused-ring (bicyclic) bond motifs is 1. The molecule has 6 heteroatoms. The molecule has 0 spiro atoms. The SMILES string of the molecule is CCCCC(=O)N[C@H](C)c1nc2cc(Cl)ccc2c(=O)n1C. The molecular formula is C16H20ClN3O2. The summed E-state index contributed by atoms with van der Waals surface area (Å²) in [6, 6.07) is 4.66. The van der Waals surface area contributed by atoms with Gasteiger partial charge in [-0.15, -0.1) is 0 Å². The van der Waals surface area contributed by atoms with Crippen molar-refractivity contribution in [2.24, 2.45) is 7.05 Å². The van der Waals surface area contributed by atoms with E-state index in [1.807, 2.05) is 13.8 Å². The van der Waals surface area contributed by atoms with Crippen LogP contribution in [0.4, 0.5) is 0 Å². The van der Waals surface area contributed by atoms with Gasteiger partial charge in [0, 0.05) is 18.5 Å². The van der Waals surface area contributed by atoms with Crippen molar-refractivity contribution in [2.45, 2.75) is 39.2 Å². The van der Waals surface area contributed by atoms with Crippen LogP contribution in [0.5, 0.6) is 0 Å². The average Bonchev–Trinajstić information content (AvgIpc) is 2.48. The molecule has 0 bridgehead atoms. The quantitative estimate of drug-likeness (QED) is 0.920. The number of hydrogen-bond donors (Lipinski definition) is 1. The van der Waals surface area contributed by atoms with Gasteiger partial charge in [0.25, 0.3) is 5.56 Å². The normalized spacial score (nSPS) is 12.4. The van der Waals surface area contributed by atoms with Gasteiger partial charge in [-0.25, -0.2) is 4.98 Å². The topological polar surface area (TPSA) is 64.0 Å². The van der Waals surface area contributed by atoms with Crippen LogP contribution in [0, 0.1) is 0 Å². The van der Waals surface area contributed by atoms with Crippen molar-refractivity contribution >= 4 is 28.4 Å². The monoisotopic (exact) mass is 321 g/mol. The maximum absolute atomic E-state index is 12.4. The van der Waals surface area contributed by atoms with Crippen molar-refractivity contribution in [3.8, 4) is 0 Å². The van der Waals surface area contributed by atoms with Crippen molar-refractivity contribution in [3.05, 3.63) is 39.4 Å². The smallest absolute Gasteiger partial charge is 0.261 e. The van der Waals surface area contributed by atoms with E-state index < -0.39 is 0 Å². The summed E-state index contributed by atoms with van der Waals surface area (Å²) in [6.45, 7) is 3.86. The Balaban J connectivity index is 2.36. The molecule has 1 amide bonds. The Morgan fingerprint density at radius 1 is 1.45 bits per heavy atom. The van der Waals surface area contributed by atoms with Gasteiger partial charge in [-0.1, -0.05) is 24.9 Å². The number of halogens is 1. The molecule has 1 aromatic carbocycles. The zero-order chi connectivity index (χ0) is 16.3. The Labute approximate surface area is 134 Å². The Bertz CT molecular complexity index is 755. The van der Waals surface area contributed by atoms with Gasteiger partial charge in [-0.3, -0.25) is 14.2 Å². The first-order valence-corrected chi connectivity index (χ1v) is 7.77. The lowest BCUT2D eigenvalue weighted by molar-refractivity contribution is -0.121. The van der Waals surface area contributed by atoms with Crippen molar-refractivity contribution in [3.63, 3.8) is 0 Å². The molecule has 0 unspecified atom stereocenters. The Hall–Kier alpha value is -1.88. The molecule has 0 fully saturated rings. The van der Waals surface area contributed by atoms with E-state index >= 15 is 0 Å². The number of rotatable bonds is 5. The van der Waals surface area contributed by atoms with Crippen LogP contribution in [-0.2, 0) is 11.8 Å². The number of carbonyl (C=O) groups is 1. The minimum atomic E-state index is -0.342. The number of amides is 1. The molecule has 0 saturated carbocycles. The van der Waals surface area contributed by atoms with Crippen LogP contribution in [-0.4, -0.2) is 15.5 Å². The molecule has 1 atom stereocenters. The summed E-state index contributed by atoms with van der Waals surface area (Å²) in [5, 5.41) is 3.92. The largest absolute Gasteiger partial charge is 0.346 e. The number of nitrogens with one attached hydrogen (secondary N) is 1. The number of nitrogens with zero attached hydrogens (tertiary/aromatic N) is 2. The second kappa shape index (κ2) is 6.92. The van der Waals surface area contributed by atoms with Gasteiger partial charge < -0.3 is 5.32 Å². The summed E-state index contributed by atoms with van der Waals surface area (Å²) < 4.78 is 1.47. The molecule has 0 aliphatic carbocycles. The summed E-state index contributed by atoms with van der Waals surface area (Å²) in [4.78, 5) is 28.7. The van der Waals surface area contributed by atoms with Crippen molar-refractivity contribution in [2.75, 3.05) is 0 Å². The number of carbonyl (C=O) groups excluding carboxylic acids is 1. The maximum Gasteiger partial charge on any atom is 0.261 e. The summed E-state index contributed by atoms with van der Waals surface area (Å²) in [7, 11) is 1.66. The summed E-state index contributed by atoms with van der Waals surface area (Å²) in [5.41, 5.74) is 0.395. The van der Waals surface area contributed by atoms with Gasteiger partial charge in [0.15, 0.2) is 0 Å². The molecular weight excluding hydrogens is 302 g/mol. The van der Waals surface area contributed by atoms with E-state index in [9.17, 15) is 9.59 Å². The summed E-state index contributed by atoms with van der Waals surface area (Å²) >= 11 is 5.97. The lowest BCUT2D eigenvalue weighted by Gasteiger charge is -2.17. The highest BCUT2D eigenvalue weighted by Crippen LogP contribution is 2.17. The van der Waals surface area contributed by atoms with Gasteiger partial charge in [-0.2, -0.15) is 0 Å². The molecule has 1 N–H and O–H groups in total. The summed E-state index contributed by atoms with van der Waals surface area (Å²) in [5.74, 6) is 0.486. The molecule has 1 heterocycles. The first-order valence-electron chi connectivity index (χ1n) is 7.39. The van der Waals surface area contributed by atoms with Crippen molar-refractivity contribution in [1.82, 2.24) is 14.9 Å². The van der Waals surface area contributed by atoms with Crippen LogP contribution >= 0.6 is 11.6 Å². The molecule has 0 aliphatic heterocycles. The van der Waals surface area contributed by atoms with E-state index in [0.717, 1.165) is 12.8 Å². The lowest BCUT2D eigenvalue weighted by atomic mass is 10.2. The molecule has 5 nitrogen and oxygen atoms in total. The molecule has 0 radical (unpaired) electrons. The van der Waals surface area contributed by atoms with Crippen LogP contribution in [0.2, 0.25) is 5.02 Å². The molecule has 118 valence electrons. The maximum atomic E-state index is 12.4. The zero-order valence-corrected chi connectivity index (χ0v) is 13.8. The predicted molar refractivity (Wildman–Crippen MR) is 88.1 cm³/mol. The number of hydrogen-bond acceptors (Lipinski definition) is 3. The van der Waals surface area contributed by atoms with E-state index in [-0.39, 0.29) is 17.5 Å². The molecule has 22 heavy (non-hydrogen) atoms. The van der Waals surface area contributed by atoms with Crippen molar-refractivity contribution < 1.29 is 4.79 Å². The number of unbranched alkanes of at least 4 members (excludes halogenated alkanes) is 1. The molecule has 2 rings (SSSR count). The third-order valence-electron chi connectivity index (χ3n) is 3.60. The number of benzene rings is 1. The Morgan fingerprint density at radius 3 is 2.86 bits per heavy atom. The van der Waals surface area contributed by atoms with Crippen LogP contribution < -0.4 is 10.9 Å². The van der Waals surface area contributed by atoms with Crippen molar-refractivity contribution in [1.29, 1.82) is 0 Å². The van der Waals surface area contributed by atoms with Gasteiger partial charge in [0.2, 0.25) is 5.91 Å². The van der Waals surface area contributed by atoms with E-state index in [1.54, 1.807) is 25.2 Å². The third-order valence-corrected chi connectivity index (χ3v) is 3.83. The fraction of sp³-hybridized carbons (Fsp3) is 0.438. The van der Waals surface area contributed by atoms with Gasteiger partial charge in [0.1, 0.15) is 5.82 Å². The average molecular weight is 322 g/mol. The first kappa shape index (κ1) is 16.5. The minimum absolute atomic E-state index is 0.0326.